The Morgan fingerprint density at radius 2 is 2.03 bits per heavy atom. The van der Waals surface area contributed by atoms with Gasteiger partial charge in [-0.3, -0.25) is 9.78 Å². The van der Waals surface area contributed by atoms with E-state index in [2.05, 4.69) is 9.97 Å². The Kier molecular flexibility index (Phi) is 6.22. The van der Waals surface area contributed by atoms with E-state index in [1.54, 1.807) is 32.0 Å². The number of nitrogens with two attached hydrogens (primary N) is 1. The molecule has 10 heteroatoms. The lowest BCUT2D eigenvalue weighted by molar-refractivity contribution is -0.137. The van der Waals surface area contributed by atoms with Crippen molar-refractivity contribution >= 4 is 22.6 Å². The molecule has 0 spiro atoms. The number of hydrogen-bond acceptors (Lipinski definition) is 6. The van der Waals surface area contributed by atoms with Crippen LogP contribution in [-0.4, -0.2) is 38.0 Å². The number of aromatic nitrogens is 2. The number of ether oxygens (including phenoxy) is 1. The molecular formula is C24H25F3N4O3. The van der Waals surface area contributed by atoms with Crippen molar-refractivity contribution in [3.05, 3.63) is 64.5 Å². The number of amides is 1. The highest BCUT2D eigenvalue weighted by Gasteiger charge is 2.32. The zero-order chi connectivity index (χ0) is 24.8. The predicted molar refractivity (Wildman–Crippen MR) is 120 cm³/mol. The summed E-state index contributed by atoms with van der Waals surface area (Å²) < 4.78 is 44.3. The number of halogens is 3. The fourth-order valence-electron chi connectivity index (χ4n) is 4.09. The van der Waals surface area contributed by atoms with E-state index >= 15 is 0 Å². The molecule has 2 aromatic heterocycles. The van der Waals surface area contributed by atoms with E-state index in [9.17, 15) is 23.1 Å². The van der Waals surface area contributed by atoms with E-state index in [4.69, 9.17) is 10.5 Å². The first-order valence-corrected chi connectivity index (χ1v) is 10.8. The molecule has 4 rings (SSSR count). The molecule has 0 saturated carbocycles. The Morgan fingerprint density at radius 1 is 1.29 bits per heavy atom. The third kappa shape index (κ3) is 4.43. The minimum atomic E-state index is -4.50. The van der Waals surface area contributed by atoms with Gasteiger partial charge in [-0.25, -0.2) is 4.98 Å². The van der Waals surface area contributed by atoms with Crippen LogP contribution in [-0.2, 0) is 24.1 Å². The van der Waals surface area contributed by atoms with Crippen LogP contribution in [0.3, 0.4) is 0 Å². The van der Waals surface area contributed by atoms with Crippen molar-refractivity contribution in [3.8, 4) is 0 Å². The highest BCUT2D eigenvalue weighted by atomic mass is 19.4. The van der Waals surface area contributed by atoms with E-state index in [1.165, 1.54) is 11.0 Å². The van der Waals surface area contributed by atoms with Crippen LogP contribution < -0.4 is 5.73 Å². The van der Waals surface area contributed by atoms with Gasteiger partial charge >= 0.3 is 6.18 Å². The zero-order valence-corrected chi connectivity index (χ0v) is 18.9. The molecule has 0 bridgehead atoms. The lowest BCUT2D eigenvalue weighted by atomic mass is 9.99. The Bertz CT molecular complexity index is 1230. The summed E-state index contributed by atoms with van der Waals surface area (Å²) in [4.78, 5) is 23.2. The largest absolute Gasteiger partial charge is 0.417 e. The lowest BCUT2D eigenvalue weighted by Crippen LogP contribution is -2.44. The Balaban J connectivity index is 1.70. The average molecular weight is 474 g/mol. The van der Waals surface area contributed by atoms with Gasteiger partial charge in [0.15, 0.2) is 0 Å². The molecule has 0 saturated heterocycles. The molecule has 1 aromatic carbocycles. The number of nitrogen functional groups attached to an aromatic ring is 1. The number of aliphatic hydroxyl groups excluding tert-OH is 1. The number of alkyl halides is 3. The number of hydrogen-bond donors (Lipinski definition) is 2. The molecule has 0 aliphatic carbocycles. The van der Waals surface area contributed by atoms with Crippen molar-refractivity contribution in [3.63, 3.8) is 0 Å². The maximum absolute atomic E-state index is 13.5. The van der Waals surface area contributed by atoms with Gasteiger partial charge in [0, 0.05) is 22.7 Å². The predicted octanol–water partition coefficient (Wildman–Crippen LogP) is 4.23. The summed E-state index contributed by atoms with van der Waals surface area (Å²) in [5.74, 6) is -0.00107. The van der Waals surface area contributed by atoms with Gasteiger partial charge in [0.25, 0.3) is 5.91 Å². The summed E-state index contributed by atoms with van der Waals surface area (Å²) in [6, 6.07) is 6.57. The minimum absolute atomic E-state index is 0.0701. The van der Waals surface area contributed by atoms with Crippen LogP contribution >= 0.6 is 0 Å². The van der Waals surface area contributed by atoms with Gasteiger partial charge in [-0.1, -0.05) is 0 Å². The number of carbonyl (C=O) groups is 1. The summed E-state index contributed by atoms with van der Waals surface area (Å²) in [5, 5.41) is 10.9. The number of benzene rings is 1. The highest BCUT2D eigenvalue weighted by molar-refractivity contribution is 5.99. The van der Waals surface area contributed by atoms with Gasteiger partial charge in [-0.2, -0.15) is 13.2 Å². The standard InChI is InChI=1S/C24H25F3N4O3/c1-12(13(2)32)31(10-17-6-5-16(9-29-17)24(25,26)27)23(33)15-4-7-20-18(8-15)19-11-34-14(3)21(19)22(28)30-20/h4-9,12-14,32H,10-11H2,1-3H3,(H2,28,30)/t12-,13-,14-/m0/s1. The smallest absolute Gasteiger partial charge is 0.391 e. The first-order valence-electron chi connectivity index (χ1n) is 10.8. The van der Waals surface area contributed by atoms with Crippen LogP contribution in [0, 0.1) is 0 Å². The third-order valence-electron chi connectivity index (χ3n) is 6.23. The van der Waals surface area contributed by atoms with Crippen molar-refractivity contribution in [1.82, 2.24) is 14.9 Å². The Labute approximate surface area is 194 Å². The molecule has 7 nitrogen and oxygen atoms in total. The summed E-state index contributed by atoms with van der Waals surface area (Å²) in [6.07, 6.45) is -4.85. The first-order chi connectivity index (χ1) is 16.0. The number of rotatable bonds is 5. The van der Waals surface area contributed by atoms with Gasteiger partial charge in [0.2, 0.25) is 0 Å². The van der Waals surface area contributed by atoms with Crippen molar-refractivity contribution in [2.45, 2.75) is 58.3 Å². The summed E-state index contributed by atoms with van der Waals surface area (Å²) in [7, 11) is 0. The van der Waals surface area contributed by atoms with Crippen LogP contribution in [0.5, 0.6) is 0 Å². The summed E-state index contributed by atoms with van der Waals surface area (Å²) in [5.41, 5.74) is 8.16. The zero-order valence-electron chi connectivity index (χ0n) is 18.9. The van der Waals surface area contributed by atoms with Gasteiger partial charge in [0.05, 0.1) is 48.2 Å². The van der Waals surface area contributed by atoms with Crippen molar-refractivity contribution in [2.24, 2.45) is 0 Å². The molecule has 0 unspecified atom stereocenters. The number of fused-ring (bicyclic) bond motifs is 3. The Morgan fingerprint density at radius 3 is 2.65 bits per heavy atom. The van der Waals surface area contributed by atoms with E-state index in [0.717, 1.165) is 28.8 Å². The first kappa shape index (κ1) is 23.9. The second-order valence-corrected chi connectivity index (χ2v) is 8.52. The SMILES string of the molecule is C[C@@H]1OCc2c1c(N)nc1ccc(C(=O)N(Cc3ccc(C(F)(F)F)cn3)[C@@H](C)[C@H](C)O)cc21. The molecule has 3 N–H and O–H groups in total. The van der Waals surface area contributed by atoms with E-state index in [0.29, 0.717) is 23.5 Å². The number of pyridine rings is 2. The van der Waals surface area contributed by atoms with Crippen LogP contribution in [0.4, 0.5) is 19.0 Å². The molecular weight excluding hydrogens is 449 g/mol. The maximum Gasteiger partial charge on any atom is 0.417 e. The van der Waals surface area contributed by atoms with Gasteiger partial charge in [-0.05, 0) is 56.7 Å². The molecule has 1 aliphatic heterocycles. The normalized spacial score (nSPS) is 17.4. The molecule has 3 heterocycles. The van der Waals surface area contributed by atoms with Gasteiger partial charge in [0.1, 0.15) is 5.82 Å². The van der Waals surface area contributed by atoms with Gasteiger partial charge in [-0.15, -0.1) is 0 Å². The van der Waals surface area contributed by atoms with Crippen molar-refractivity contribution in [2.75, 3.05) is 5.73 Å². The lowest BCUT2D eigenvalue weighted by Gasteiger charge is -2.31. The number of carbonyl (C=O) groups excluding carboxylic acids is 1. The van der Waals surface area contributed by atoms with Crippen LogP contribution in [0.1, 0.15) is 59.6 Å². The monoisotopic (exact) mass is 474 g/mol. The summed E-state index contributed by atoms with van der Waals surface area (Å²) >= 11 is 0. The van der Waals surface area contributed by atoms with Gasteiger partial charge < -0.3 is 20.5 Å². The van der Waals surface area contributed by atoms with Crippen LogP contribution in [0.15, 0.2) is 36.5 Å². The van der Waals surface area contributed by atoms with Crippen LogP contribution in [0.2, 0.25) is 0 Å². The van der Waals surface area contributed by atoms with E-state index in [1.807, 2.05) is 6.92 Å². The van der Waals surface area contributed by atoms with E-state index in [-0.39, 0.29) is 18.3 Å². The summed E-state index contributed by atoms with van der Waals surface area (Å²) in [6.45, 7) is 5.38. The quantitative estimate of drug-likeness (QED) is 0.574. The van der Waals surface area contributed by atoms with Crippen molar-refractivity contribution in [1.29, 1.82) is 0 Å². The topological polar surface area (TPSA) is 102 Å². The highest BCUT2D eigenvalue weighted by Crippen LogP contribution is 2.38. The molecule has 3 atom stereocenters. The average Bonchev–Trinajstić information content (AvgIpc) is 3.18. The fraction of sp³-hybridized carbons (Fsp3) is 0.375. The number of aliphatic hydroxyl groups is 1. The Hall–Kier alpha value is -3.24. The molecule has 1 amide bonds. The second-order valence-electron chi connectivity index (χ2n) is 8.52. The molecule has 0 fully saturated rings. The molecule has 3 aromatic rings. The third-order valence-corrected chi connectivity index (χ3v) is 6.23. The molecule has 1 aliphatic rings. The fourth-order valence-corrected chi connectivity index (χ4v) is 4.09. The van der Waals surface area contributed by atoms with Crippen LogP contribution in [0.25, 0.3) is 10.9 Å². The maximum atomic E-state index is 13.5. The molecule has 34 heavy (non-hydrogen) atoms. The van der Waals surface area contributed by atoms with E-state index < -0.39 is 29.8 Å². The molecule has 180 valence electrons. The number of anilines is 1. The number of nitrogens with zero attached hydrogens (tertiary/aromatic N) is 3. The minimum Gasteiger partial charge on any atom is -0.391 e. The second kappa shape index (κ2) is 8.84. The van der Waals surface area contributed by atoms with Crippen molar-refractivity contribution < 1.29 is 27.8 Å². The molecule has 0 radical (unpaired) electrons.